The van der Waals surface area contributed by atoms with Gasteiger partial charge >= 0.3 is 0 Å². The quantitative estimate of drug-likeness (QED) is 0.690. The van der Waals surface area contributed by atoms with Gasteiger partial charge in [-0.05, 0) is 18.1 Å². The molecule has 0 bridgehead atoms. The van der Waals surface area contributed by atoms with Crippen molar-refractivity contribution in [2.24, 2.45) is 11.7 Å². The Morgan fingerprint density at radius 3 is 2.27 bits per heavy atom. The van der Waals surface area contributed by atoms with Crippen molar-refractivity contribution in [2.45, 2.75) is 39.2 Å². The molecule has 0 aliphatic carbocycles. The van der Waals surface area contributed by atoms with Gasteiger partial charge in [0, 0.05) is 22.9 Å². The van der Waals surface area contributed by atoms with Gasteiger partial charge in [0.1, 0.15) is 6.04 Å². The molecule has 0 heterocycles. The summed E-state index contributed by atoms with van der Waals surface area (Å²) in [6.45, 7) is 3.77. The molecule has 2 amide bonds. The highest BCUT2D eigenvalue weighted by molar-refractivity contribution is 9.10. The van der Waals surface area contributed by atoms with E-state index >= 15 is 0 Å². The Hall–Kier alpha value is -1.69. The first kappa shape index (κ1) is 18.4. The minimum Gasteiger partial charge on any atom is -0.368 e. The van der Waals surface area contributed by atoms with Gasteiger partial charge in [0.15, 0.2) is 5.78 Å². The summed E-state index contributed by atoms with van der Waals surface area (Å²) in [5, 5.41) is 2.61. The molecule has 0 spiro atoms. The first-order chi connectivity index (χ1) is 10.3. The van der Waals surface area contributed by atoms with Crippen molar-refractivity contribution in [3.05, 3.63) is 34.3 Å². The SMILES string of the molecule is CCC(C)C(NC(=O)CCC(=O)c1ccc(Br)cc1)C(N)=O. The van der Waals surface area contributed by atoms with E-state index in [2.05, 4.69) is 21.2 Å². The smallest absolute Gasteiger partial charge is 0.240 e. The molecule has 0 fully saturated rings. The molecule has 22 heavy (non-hydrogen) atoms. The third-order valence-electron chi connectivity index (χ3n) is 3.58. The van der Waals surface area contributed by atoms with Crippen molar-refractivity contribution in [1.29, 1.82) is 0 Å². The number of ketones is 1. The summed E-state index contributed by atoms with van der Waals surface area (Å²) in [5.74, 6) is -1.04. The number of benzene rings is 1. The maximum Gasteiger partial charge on any atom is 0.240 e. The lowest BCUT2D eigenvalue weighted by atomic mass is 9.98. The third-order valence-corrected chi connectivity index (χ3v) is 4.11. The first-order valence-electron chi connectivity index (χ1n) is 7.22. The number of carbonyl (C=O) groups is 3. The molecule has 5 nitrogen and oxygen atoms in total. The molecule has 0 saturated heterocycles. The van der Waals surface area contributed by atoms with Gasteiger partial charge in [-0.15, -0.1) is 0 Å². The van der Waals surface area contributed by atoms with Crippen molar-refractivity contribution in [1.82, 2.24) is 5.32 Å². The van der Waals surface area contributed by atoms with Gasteiger partial charge in [-0.3, -0.25) is 14.4 Å². The van der Waals surface area contributed by atoms with E-state index in [1.807, 2.05) is 13.8 Å². The molecular formula is C16H21BrN2O3. The summed E-state index contributed by atoms with van der Waals surface area (Å²) < 4.78 is 0.889. The zero-order chi connectivity index (χ0) is 16.7. The van der Waals surface area contributed by atoms with Crippen molar-refractivity contribution in [3.63, 3.8) is 0 Å². The molecule has 0 aliphatic heterocycles. The van der Waals surface area contributed by atoms with Gasteiger partial charge in [-0.25, -0.2) is 0 Å². The Labute approximate surface area is 138 Å². The van der Waals surface area contributed by atoms with Crippen LogP contribution in [0.4, 0.5) is 0 Å². The topological polar surface area (TPSA) is 89.3 Å². The fourth-order valence-corrected chi connectivity index (χ4v) is 2.25. The predicted octanol–water partition coefficient (Wildman–Crippen LogP) is 2.43. The number of nitrogens with two attached hydrogens (primary N) is 1. The van der Waals surface area contributed by atoms with E-state index < -0.39 is 11.9 Å². The van der Waals surface area contributed by atoms with Crippen LogP contribution in [0.2, 0.25) is 0 Å². The van der Waals surface area contributed by atoms with Crippen LogP contribution in [0, 0.1) is 5.92 Å². The van der Waals surface area contributed by atoms with E-state index in [4.69, 9.17) is 5.73 Å². The third kappa shape index (κ3) is 5.60. The van der Waals surface area contributed by atoms with Gasteiger partial charge in [0.2, 0.25) is 11.8 Å². The Balaban J connectivity index is 2.53. The number of rotatable bonds is 8. The maximum absolute atomic E-state index is 12.0. The fraction of sp³-hybridized carbons (Fsp3) is 0.438. The average molecular weight is 369 g/mol. The Morgan fingerprint density at radius 1 is 1.18 bits per heavy atom. The highest BCUT2D eigenvalue weighted by atomic mass is 79.9. The van der Waals surface area contributed by atoms with Gasteiger partial charge in [0.05, 0.1) is 0 Å². The second kappa shape index (κ2) is 8.68. The van der Waals surface area contributed by atoms with Crippen LogP contribution in [0.1, 0.15) is 43.5 Å². The van der Waals surface area contributed by atoms with E-state index in [1.165, 1.54) is 0 Å². The number of nitrogens with one attached hydrogen (secondary N) is 1. The average Bonchev–Trinajstić information content (AvgIpc) is 2.49. The summed E-state index contributed by atoms with van der Waals surface area (Å²) >= 11 is 3.30. The summed E-state index contributed by atoms with van der Waals surface area (Å²) in [6.07, 6.45) is 0.861. The standard InChI is InChI=1S/C16H21BrN2O3/c1-3-10(2)15(16(18)22)19-14(21)9-8-13(20)11-4-6-12(17)7-5-11/h4-7,10,15H,3,8-9H2,1-2H3,(H2,18,22)(H,19,21). The molecule has 1 rings (SSSR count). The van der Waals surface area contributed by atoms with Crippen LogP contribution in [0.5, 0.6) is 0 Å². The lowest BCUT2D eigenvalue weighted by molar-refractivity contribution is -0.128. The van der Waals surface area contributed by atoms with Gasteiger partial charge < -0.3 is 11.1 Å². The maximum atomic E-state index is 12.0. The molecule has 1 aromatic rings. The number of carbonyl (C=O) groups excluding carboxylic acids is 3. The zero-order valence-corrected chi connectivity index (χ0v) is 14.4. The molecule has 0 radical (unpaired) electrons. The number of Topliss-reactive ketones (excluding diaryl/α,β-unsaturated/α-hetero) is 1. The minimum atomic E-state index is -0.694. The van der Waals surface area contributed by atoms with Crippen LogP contribution in [-0.2, 0) is 9.59 Å². The second-order valence-corrected chi connectivity index (χ2v) is 6.18. The molecule has 2 atom stereocenters. The molecule has 1 aromatic carbocycles. The Kier molecular flexibility index (Phi) is 7.24. The van der Waals surface area contributed by atoms with Crippen LogP contribution in [0.3, 0.4) is 0 Å². The molecule has 0 saturated carbocycles. The highest BCUT2D eigenvalue weighted by Crippen LogP contribution is 2.13. The summed E-state index contributed by atoms with van der Waals surface area (Å²) in [5.41, 5.74) is 5.86. The van der Waals surface area contributed by atoms with E-state index in [9.17, 15) is 14.4 Å². The number of hydrogen-bond acceptors (Lipinski definition) is 3. The number of primary amides is 1. The molecule has 0 aliphatic rings. The molecule has 120 valence electrons. The number of halogens is 1. The predicted molar refractivity (Wildman–Crippen MR) is 88.3 cm³/mol. The largest absolute Gasteiger partial charge is 0.368 e. The fourth-order valence-electron chi connectivity index (χ4n) is 1.98. The Bertz CT molecular complexity index is 543. The summed E-state index contributed by atoms with van der Waals surface area (Å²) in [4.78, 5) is 35.2. The van der Waals surface area contributed by atoms with Crippen LogP contribution in [-0.4, -0.2) is 23.6 Å². The van der Waals surface area contributed by atoms with Crippen LogP contribution in [0.15, 0.2) is 28.7 Å². The summed E-state index contributed by atoms with van der Waals surface area (Å²) in [7, 11) is 0. The number of hydrogen-bond donors (Lipinski definition) is 2. The van der Waals surface area contributed by atoms with Crippen molar-refractivity contribution in [3.8, 4) is 0 Å². The molecule has 0 aromatic heterocycles. The van der Waals surface area contributed by atoms with Crippen LogP contribution >= 0.6 is 15.9 Å². The normalized spacial score (nSPS) is 13.2. The zero-order valence-electron chi connectivity index (χ0n) is 12.8. The number of amides is 2. The molecule has 3 N–H and O–H groups in total. The van der Waals surface area contributed by atoms with Gasteiger partial charge in [0.25, 0.3) is 0 Å². The summed E-state index contributed by atoms with van der Waals surface area (Å²) in [6, 6.07) is 6.27. The van der Waals surface area contributed by atoms with Crippen molar-refractivity contribution >= 4 is 33.5 Å². The van der Waals surface area contributed by atoms with Gasteiger partial charge in [-0.2, -0.15) is 0 Å². The van der Waals surface area contributed by atoms with Crippen molar-refractivity contribution < 1.29 is 14.4 Å². The van der Waals surface area contributed by atoms with E-state index in [0.29, 0.717) is 5.56 Å². The second-order valence-electron chi connectivity index (χ2n) is 5.26. The molecule has 6 heteroatoms. The van der Waals surface area contributed by atoms with E-state index in [1.54, 1.807) is 24.3 Å². The van der Waals surface area contributed by atoms with Crippen LogP contribution < -0.4 is 11.1 Å². The highest BCUT2D eigenvalue weighted by Gasteiger charge is 2.23. The lowest BCUT2D eigenvalue weighted by Crippen LogP contribution is -2.48. The monoisotopic (exact) mass is 368 g/mol. The van der Waals surface area contributed by atoms with E-state index in [-0.39, 0.29) is 30.4 Å². The van der Waals surface area contributed by atoms with Crippen molar-refractivity contribution in [2.75, 3.05) is 0 Å². The molecular weight excluding hydrogens is 348 g/mol. The van der Waals surface area contributed by atoms with Gasteiger partial charge in [-0.1, -0.05) is 48.3 Å². The lowest BCUT2D eigenvalue weighted by Gasteiger charge is -2.21. The van der Waals surface area contributed by atoms with Crippen LogP contribution in [0.25, 0.3) is 0 Å². The van der Waals surface area contributed by atoms with E-state index in [0.717, 1.165) is 10.9 Å². The first-order valence-corrected chi connectivity index (χ1v) is 8.01. The minimum absolute atomic E-state index is 0.0368. The Morgan fingerprint density at radius 2 is 1.77 bits per heavy atom. The molecule has 2 unspecified atom stereocenters.